The average molecular weight is 328 g/mol. The van der Waals surface area contributed by atoms with Crippen LogP contribution in [-0.4, -0.2) is 32.3 Å². The number of piperidine rings is 1. The minimum absolute atomic E-state index is 0.0286. The zero-order chi connectivity index (χ0) is 15.6. The molecule has 4 rings (SSSR count). The SMILES string of the molecule is O=C(c1ncoc1-c1cccs1)N1CCCCC1c1ncc[nH]1. The van der Waals surface area contributed by atoms with Gasteiger partial charge in [0.15, 0.2) is 17.8 Å². The monoisotopic (exact) mass is 328 g/mol. The minimum Gasteiger partial charge on any atom is -0.442 e. The van der Waals surface area contributed by atoms with Crippen LogP contribution in [0.1, 0.15) is 41.6 Å². The molecule has 6 nitrogen and oxygen atoms in total. The van der Waals surface area contributed by atoms with E-state index >= 15 is 0 Å². The molecular weight excluding hydrogens is 312 g/mol. The van der Waals surface area contributed by atoms with Gasteiger partial charge in [-0.15, -0.1) is 11.3 Å². The van der Waals surface area contributed by atoms with E-state index in [1.54, 1.807) is 12.4 Å². The van der Waals surface area contributed by atoms with Gasteiger partial charge in [0.1, 0.15) is 5.82 Å². The smallest absolute Gasteiger partial charge is 0.277 e. The molecule has 3 aromatic heterocycles. The van der Waals surface area contributed by atoms with Gasteiger partial charge in [-0.1, -0.05) is 6.07 Å². The number of carbonyl (C=O) groups is 1. The highest BCUT2D eigenvalue weighted by Gasteiger charge is 2.33. The Labute approximate surface area is 137 Å². The molecule has 0 aromatic carbocycles. The van der Waals surface area contributed by atoms with Gasteiger partial charge < -0.3 is 14.3 Å². The molecule has 1 saturated heterocycles. The van der Waals surface area contributed by atoms with E-state index in [0.29, 0.717) is 18.0 Å². The number of amides is 1. The van der Waals surface area contributed by atoms with Crippen molar-refractivity contribution in [2.75, 3.05) is 6.54 Å². The van der Waals surface area contributed by atoms with Crippen LogP contribution in [0.15, 0.2) is 40.7 Å². The second-order valence-corrected chi connectivity index (χ2v) is 6.44. The third kappa shape index (κ3) is 2.57. The summed E-state index contributed by atoms with van der Waals surface area (Å²) in [6.45, 7) is 0.709. The molecule has 0 radical (unpaired) electrons. The van der Waals surface area contributed by atoms with Crippen molar-refractivity contribution >= 4 is 17.2 Å². The molecule has 1 aliphatic heterocycles. The number of likely N-dealkylation sites (tertiary alicyclic amines) is 1. The number of hydrogen-bond acceptors (Lipinski definition) is 5. The van der Waals surface area contributed by atoms with Gasteiger partial charge in [0.2, 0.25) is 0 Å². The molecule has 0 saturated carbocycles. The number of oxazole rings is 1. The summed E-state index contributed by atoms with van der Waals surface area (Å²) in [5.41, 5.74) is 0.380. The standard InChI is InChI=1S/C16H16N4O2S/c21-16(13-14(22-10-19-13)12-5-3-9-23-12)20-8-2-1-4-11(20)15-17-6-7-18-15/h3,5-7,9-11H,1-2,4,8H2,(H,17,18). The number of imidazole rings is 1. The molecule has 1 amide bonds. The Morgan fingerprint density at radius 2 is 2.35 bits per heavy atom. The molecule has 4 heterocycles. The maximum atomic E-state index is 13.0. The summed E-state index contributed by atoms with van der Waals surface area (Å²) in [6.07, 6.45) is 7.85. The van der Waals surface area contributed by atoms with Crippen LogP contribution in [0.25, 0.3) is 10.6 Å². The molecule has 3 aromatic rings. The first kappa shape index (κ1) is 14.2. The first-order valence-corrected chi connectivity index (χ1v) is 8.50. The number of nitrogens with one attached hydrogen (secondary N) is 1. The maximum Gasteiger partial charge on any atom is 0.277 e. The van der Waals surface area contributed by atoms with Crippen LogP contribution in [0.2, 0.25) is 0 Å². The maximum absolute atomic E-state index is 13.0. The Morgan fingerprint density at radius 1 is 1.39 bits per heavy atom. The Hall–Kier alpha value is -2.41. The molecule has 1 fully saturated rings. The van der Waals surface area contributed by atoms with E-state index in [0.717, 1.165) is 30.0 Å². The molecule has 0 bridgehead atoms. The predicted molar refractivity (Wildman–Crippen MR) is 86.0 cm³/mol. The number of thiophene rings is 1. The zero-order valence-corrected chi connectivity index (χ0v) is 13.3. The van der Waals surface area contributed by atoms with Crippen molar-refractivity contribution in [2.24, 2.45) is 0 Å². The minimum atomic E-state index is -0.0942. The Bertz CT molecular complexity index is 779. The molecule has 0 spiro atoms. The van der Waals surface area contributed by atoms with Crippen LogP contribution < -0.4 is 0 Å². The molecular formula is C16H16N4O2S. The largest absolute Gasteiger partial charge is 0.442 e. The van der Waals surface area contributed by atoms with Crippen LogP contribution >= 0.6 is 11.3 Å². The van der Waals surface area contributed by atoms with Crippen molar-refractivity contribution in [3.8, 4) is 10.6 Å². The van der Waals surface area contributed by atoms with Crippen molar-refractivity contribution < 1.29 is 9.21 Å². The summed E-state index contributed by atoms with van der Waals surface area (Å²) in [6, 6.07) is 3.84. The van der Waals surface area contributed by atoms with Gasteiger partial charge in [-0.05, 0) is 30.7 Å². The molecule has 1 unspecified atom stereocenters. The van der Waals surface area contributed by atoms with Crippen molar-refractivity contribution in [1.82, 2.24) is 19.9 Å². The first-order valence-electron chi connectivity index (χ1n) is 7.62. The predicted octanol–water partition coefficient (Wildman–Crippen LogP) is 3.49. The number of carbonyl (C=O) groups excluding carboxylic acids is 1. The lowest BCUT2D eigenvalue weighted by Crippen LogP contribution is -2.39. The summed E-state index contributed by atoms with van der Waals surface area (Å²) in [7, 11) is 0. The second kappa shape index (κ2) is 6.00. The number of aromatic amines is 1. The van der Waals surface area contributed by atoms with Crippen LogP contribution in [0.4, 0.5) is 0 Å². The number of aromatic nitrogens is 3. The van der Waals surface area contributed by atoms with E-state index in [4.69, 9.17) is 4.42 Å². The van der Waals surface area contributed by atoms with E-state index in [-0.39, 0.29) is 11.9 Å². The fourth-order valence-corrected chi connectivity index (χ4v) is 3.75. The fourth-order valence-electron chi connectivity index (χ4n) is 3.04. The lowest BCUT2D eigenvalue weighted by Gasteiger charge is -2.34. The van der Waals surface area contributed by atoms with Crippen molar-refractivity contribution in [2.45, 2.75) is 25.3 Å². The highest BCUT2D eigenvalue weighted by Crippen LogP contribution is 2.33. The zero-order valence-electron chi connectivity index (χ0n) is 12.4. The van der Waals surface area contributed by atoms with Gasteiger partial charge in [0, 0.05) is 18.9 Å². The van der Waals surface area contributed by atoms with E-state index < -0.39 is 0 Å². The van der Waals surface area contributed by atoms with Crippen molar-refractivity contribution in [1.29, 1.82) is 0 Å². The number of hydrogen-bond donors (Lipinski definition) is 1. The highest BCUT2D eigenvalue weighted by atomic mass is 32.1. The van der Waals surface area contributed by atoms with Gasteiger partial charge in [0.05, 0.1) is 10.9 Å². The van der Waals surface area contributed by atoms with E-state index in [2.05, 4.69) is 15.0 Å². The normalized spacial score (nSPS) is 18.3. The molecule has 1 atom stereocenters. The Kier molecular flexibility index (Phi) is 3.70. The summed E-state index contributed by atoms with van der Waals surface area (Å²) in [5.74, 6) is 1.29. The van der Waals surface area contributed by atoms with Gasteiger partial charge in [0.25, 0.3) is 5.91 Å². The molecule has 0 aliphatic carbocycles. The molecule has 23 heavy (non-hydrogen) atoms. The third-order valence-corrected chi connectivity index (χ3v) is 4.98. The van der Waals surface area contributed by atoms with Crippen LogP contribution in [0.3, 0.4) is 0 Å². The summed E-state index contributed by atoms with van der Waals surface area (Å²) in [5, 5.41) is 1.96. The van der Waals surface area contributed by atoms with Crippen LogP contribution in [-0.2, 0) is 0 Å². The molecule has 118 valence electrons. The quantitative estimate of drug-likeness (QED) is 0.798. The van der Waals surface area contributed by atoms with Gasteiger partial charge in [-0.25, -0.2) is 9.97 Å². The highest BCUT2D eigenvalue weighted by molar-refractivity contribution is 7.13. The second-order valence-electron chi connectivity index (χ2n) is 5.49. The number of rotatable bonds is 3. The molecule has 7 heteroatoms. The summed E-state index contributed by atoms with van der Waals surface area (Å²) < 4.78 is 5.48. The Balaban J connectivity index is 1.67. The topological polar surface area (TPSA) is 75.0 Å². The van der Waals surface area contributed by atoms with E-state index in [1.807, 2.05) is 22.4 Å². The number of H-pyrrole nitrogens is 1. The fraction of sp³-hybridized carbons (Fsp3) is 0.312. The molecule has 1 aliphatic rings. The number of nitrogens with zero attached hydrogens (tertiary/aromatic N) is 3. The average Bonchev–Trinajstić information content (AvgIpc) is 3.35. The van der Waals surface area contributed by atoms with Crippen LogP contribution in [0.5, 0.6) is 0 Å². The van der Waals surface area contributed by atoms with E-state index in [9.17, 15) is 4.79 Å². The lowest BCUT2D eigenvalue weighted by molar-refractivity contribution is 0.0596. The van der Waals surface area contributed by atoms with Crippen molar-refractivity contribution in [3.05, 3.63) is 47.8 Å². The third-order valence-electron chi connectivity index (χ3n) is 4.11. The first-order chi connectivity index (χ1) is 11.3. The van der Waals surface area contributed by atoms with Gasteiger partial charge in [-0.3, -0.25) is 4.79 Å². The summed E-state index contributed by atoms with van der Waals surface area (Å²) >= 11 is 1.53. The van der Waals surface area contributed by atoms with E-state index in [1.165, 1.54) is 17.7 Å². The Morgan fingerprint density at radius 3 is 3.13 bits per heavy atom. The molecule has 1 N–H and O–H groups in total. The lowest BCUT2D eigenvalue weighted by atomic mass is 10.0. The van der Waals surface area contributed by atoms with Crippen molar-refractivity contribution in [3.63, 3.8) is 0 Å². The van der Waals surface area contributed by atoms with Crippen LogP contribution in [0, 0.1) is 0 Å². The van der Waals surface area contributed by atoms with Gasteiger partial charge in [-0.2, -0.15) is 0 Å². The van der Waals surface area contributed by atoms with Gasteiger partial charge >= 0.3 is 0 Å². The summed E-state index contributed by atoms with van der Waals surface area (Å²) in [4.78, 5) is 27.5.